The average Bonchev–Trinajstić information content (AvgIpc) is 2.36. The molecule has 0 atom stereocenters. The summed E-state index contributed by atoms with van der Waals surface area (Å²) in [6.07, 6.45) is 1.47. The van der Waals surface area contributed by atoms with Gasteiger partial charge >= 0.3 is 5.97 Å². The molecule has 0 radical (unpaired) electrons. The summed E-state index contributed by atoms with van der Waals surface area (Å²) in [5.74, 6) is -0.584. The van der Waals surface area contributed by atoms with E-state index in [9.17, 15) is 9.90 Å². The van der Waals surface area contributed by atoms with Crippen molar-refractivity contribution < 1.29 is 15.0 Å². The zero-order valence-electron chi connectivity index (χ0n) is 10.1. The van der Waals surface area contributed by atoms with Gasteiger partial charge in [-0.3, -0.25) is 0 Å². The highest BCUT2D eigenvalue weighted by Crippen LogP contribution is 2.20. The maximum Gasteiger partial charge on any atom is 0.354 e. The van der Waals surface area contributed by atoms with E-state index in [0.717, 1.165) is 12.8 Å². The van der Waals surface area contributed by atoms with Crippen LogP contribution < -0.4 is 5.32 Å². The molecule has 1 heterocycles. The quantitative estimate of drug-likeness (QED) is 0.703. The van der Waals surface area contributed by atoms with Crippen molar-refractivity contribution in [2.75, 3.05) is 11.9 Å². The maximum absolute atomic E-state index is 10.8. The SMILES string of the molecule is CCC(CC)(CO)Nc1cccc(C(=O)O)n1. The summed E-state index contributed by atoms with van der Waals surface area (Å²) < 4.78 is 0. The molecule has 1 aromatic rings. The van der Waals surface area contributed by atoms with E-state index in [2.05, 4.69) is 10.3 Å². The van der Waals surface area contributed by atoms with Gasteiger partial charge in [-0.1, -0.05) is 19.9 Å². The van der Waals surface area contributed by atoms with E-state index in [1.165, 1.54) is 6.07 Å². The Hall–Kier alpha value is -1.62. The number of carboxylic acid groups (broad SMARTS) is 1. The highest BCUT2D eigenvalue weighted by atomic mass is 16.4. The topological polar surface area (TPSA) is 82.5 Å². The normalized spacial score (nSPS) is 11.2. The van der Waals surface area contributed by atoms with E-state index in [4.69, 9.17) is 5.11 Å². The number of aliphatic hydroxyl groups excluding tert-OH is 1. The van der Waals surface area contributed by atoms with Crippen LogP contribution in [0.4, 0.5) is 5.82 Å². The molecule has 17 heavy (non-hydrogen) atoms. The second-order valence-corrected chi connectivity index (χ2v) is 3.98. The second-order valence-electron chi connectivity index (χ2n) is 3.98. The molecule has 0 aliphatic heterocycles. The number of carboxylic acids is 1. The lowest BCUT2D eigenvalue weighted by Gasteiger charge is -2.31. The molecule has 0 aromatic carbocycles. The number of rotatable bonds is 6. The van der Waals surface area contributed by atoms with Crippen molar-refractivity contribution in [3.05, 3.63) is 23.9 Å². The summed E-state index contributed by atoms with van der Waals surface area (Å²) in [6.45, 7) is 3.92. The highest BCUT2D eigenvalue weighted by Gasteiger charge is 2.25. The number of aromatic carboxylic acids is 1. The molecule has 0 aliphatic rings. The molecule has 94 valence electrons. The lowest BCUT2D eigenvalue weighted by molar-refractivity contribution is 0.0690. The lowest BCUT2D eigenvalue weighted by atomic mass is 9.94. The third kappa shape index (κ3) is 3.17. The van der Waals surface area contributed by atoms with Crippen LogP contribution in [0.5, 0.6) is 0 Å². The Morgan fingerprint density at radius 2 is 2.06 bits per heavy atom. The van der Waals surface area contributed by atoms with Gasteiger partial charge in [-0.25, -0.2) is 9.78 Å². The molecule has 0 bridgehead atoms. The molecule has 5 heteroatoms. The van der Waals surface area contributed by atoms with Crippen molar-refractivity contribution in [3.63, 3.8) is 0 Å². The van der Waals surface area contributed by atoms with Gasteiger partial charge in [0, 0.05) is 0 Å². The summed E-state index contributed by atoms with van der Waals surface area (Å²) in [4.78, 5) is 14.8. The number of carbonyl (C=O) groups is 1. The predicted molar refractivity (Wildman–Crippen MR) is 65.2 cm³/mol. The largest absolute Gasteiger partial charge is 0.477 e. The molecular formula is C12H18N2O3. The van der Waals surface area contributed by atoms with Crippen LogP contribution >= 0.6 is 0 Å². The summed E-state index contributed by atoms with van der Waals surface area (Å²) in [5.41, 5.74) is -0.446. The van der Waals surface area contributed by atoms with E-state index < -0.39 is 11.5 Å². The van der Waals surface area contributed by atoms with Crippen LogP contribution in [0.3, 0.4) is 0 Å². The number of aliphatic hydroxyl groups is 1. The molecule has 0 unspecified atom stereocenters. The zero-order chi connectivity index (χ0) is 12.9. The average molecular weight is 238 g/mol. The molecule has 0 amide bonds. The van der Waals surface area contributed by atoms with Crippen LogP contribution in [-0.4, -0.2) is 33.3 Å². The summed E-state index contributed by atoms with van der Waals surface area (Å²) in [7, 11) is 0. The molecule has 0 saturated carbocycles. The standard InChI is InChI=1S/C12H18N2O3/c1-3-12(4-2,8-15)14-10-7-5-6-9(13-10)11(16)17/h5-7,15H,3-4,8H2,1-2H3,(H,13,14)(H,16,17). The van der Waals surface area contributed by atoms with Crippen LogP contribution in [0.25, 0.3) is 0 Å². The van der Waals surface area contributed by atoms with Crippen molar-refractivity contribution in [2.24, 2.45) is 0 Å². The van der Waals surface area contributed by atoms with Gasteiger partial charge < -0.3 is 15.5 Å². The fourth-order valence-electron chi connectivity index (χ4n) is 1.59. The van der Waals surface area contributed by atoms with E-state index in [0.29, 0.717) is 5.82 Å². The van der Waals surface area contributed by atoms with Crippen molar-refractivity contribution in [1.82, 2.24) is 4.98 Å². The first-order valence-electron chi connectivity index (χ1n) is 5.66. The van der Waals surface area contributed by atoms with Crippen molar-refractivity contribution >= 4 is 11.8 Å². The van der Waals surface area contributed by atoms with Gasteiger partial charge in [0.25, 0.3) is 0 Å². The number of anilines is 1. The fourth-order valence-corrected chi connectivity index (χ4v) is 1.59. The van der Waals surface area contributed by atoms with E-state index in [1.807, 2.05) is 13.8 Å². The Morgan fingerprint density at radius 3 is 2.53 bits per heavy atom. The number of pyridine rings is 1. The number of nitrogens with zero attached hydrogens (tertiary/aromatic N) is 1. The van der Waals surface area contributed by atoms with Crippen LogP contribution in [-0.2, 0) is 0 Å². The van der Waals surface area contributed by atoms with Crippen molar-refractivity contribution in [2.45, 2.75) is 32.2 Å². The molecule has 5 nitrogen and oxygen atoms in total. The van der Waals surface area contributed by atoms with E-state index in [-0.39, 0.29) is 12.3 Å². The molecular weight excluding hydrogens is 220 g/mol. The Balaban J connectivity index is 2.93. The lowest BCUT2D eigenvalue weighted by Crippen LogP contribution is -2.41. The Labute approximate surface area is 101 Å². The van der Waals surface area contributed by atoms with E-state index in [1.54, 1.807) is 12.1 Å². The molecule has 1 aromatic heterocycles. The Morgan fingerprint density at radius 1 is 1.41 bits per heavy atom. The number of nitrogens with one attached hydrogen (secondary N) is 1. The zero-order valence-corrected chi connectivity index (χ0v) is 10.1. The molecule has 0 spiro atoms. The van der Waals surface area contributed by atoms with Crippen LogP contribution in [0.2, 0.25) is 0 Å². The first kappa shape index (κ1) is 13.4. The van der Waals surface area contributed by atoms with Gasteiger partial charge in [0.1, 0.15) is 5.82 Å². The van der Waals surface area contributed by atoms with Gasteiger partial charge in [-0.15, -0.1) is 0 Å². The van der Waals surface area contributed by atoms with Gasteiger partial charge in [0.2, 0.25) is 0 Å². The minimum atomic E-state index is -1.06. The Kier molecular flexibility index (Phi) is 4.45. The number of hydrogen-bond donors (Lipinski definition) is 3. The number of aromatic nitrogens is 1. The van der Waals surface area contributed by atoms with Gasteiger partial charge in [-0.05, 0) is 25.0 Å². The highest BCUT2D eigenvalue weighted by molar-refractivity contribution is 5.85. The molecule has 3 N–H and O–H groups in total. The number of hydrogen-bond acceptors (Lipinski definition) is 4. The van der Waals surface area contributed by atoms with E-state index >= 15 is 0 Å². The third-order valence-electron chi connectivity index (χ3n) is 3.02. The van der Waals surface area contributed by atoms with Crippen molar-refractivity contribution in [1.29, 1.82) is 0 Å². The van der Waals surface area contributed by atoms with Gasteiger partial charge in [-0.2, -0.15) is 0 Å². The minimum absolute atomic E-state index is 0.00551. The van der Waals surface area contributed by atoms with Crippen LogP contribution in [0.1, 0.15) is 37.2 Å². The second kappa shape index (κ2) is 5.63. The van der Waals surface area contributed by atoms with Gasteiger partial charge in [0.15, 0.2) is 5.69 Å². The molecule has 0 fully saturated rings. The minimum Gasteiger partial charge on any atom is -0.477 e. The molecule has 1 rings (SSSR count). The summed E-state index contributed by atoms with van der Waals surface area (Å²) >= 11 is 0. The maximum atomic E-state index is 10.8. The monoisotopic (exact) mass is 238 g/mol. The molecule has 0 saturated heterocycles. The van der Waals surface area contributed by atoms with Crippen LogP contribution in [0, 0.1) is 0 Å². The first-order chi connectivity index (χ1) is 8.06. The summed E-state index contributed by atoms with van der Waals surface area (Å²) in [5, 5.41) is 21.4. The first-order valence-corrected chi connectivity index (χ1v) is 5.66. The summed E-state index contributed by atoms with van der Waals surface area (Å²) in [6, 6.07) is 4.76. The Bertz CT molecular complexity index is 381. The van der Waals surface area contributed by atoms with Gasteiger partial charge in [0.05, 0.1) is 12.1 Å². The smallest absolute Gasteiger partial charge is 0.354 e. The third-order valence-corrected chi connectivity index (χ3v) is 3.02. The van der Waals surface area contributed by atoms with Crippen molar-refractivity contribution in [3.8, 4) is 0 Å². The molecule has 0 aliphatic carbocycles. The van der Waals surface area contributed by atoms with Crippen LogP contribution in [0.15, 0.2) is 18.2 Å². The predicted octanol–water partition coefficient (Wildman–Crippen LogP) is 1.74. The fraction of sp³-hybridized carbons (Fsp3) is 0.500.